The third-order valence-corrected chi connectivity index (χ3v) is 7.16. The van der Waals surface area contributed by atoms with Crippen molar-refractivity contribution in [1.29, 1.82) is 0 Å². The van der Waals surface area contributed by atoms with Gasteiger partial charge in [0.1, 0.15) is 0 Å². The molecule has 0 bridgehead atoms. The van der Waals surface area contributed by atoms with Crippen molar-refractivity contribution in [2.24, 2.45) is 10.8 Å². The van der Waals surface area contributed by atoms with Gasteiger partial charge in [-0.1, -0.05) is 64.2 Å². The highest BCUT2D eigenvalue weighted by molar-refractivity contribution is 4.87. The number of hydrogen-bond acceptors (Lipinski definition) is 0. The third kappa shape index (κ3) is 3.60. The lowest BCUT2D eigenvalue weighted by Crippen LogP contribution is -2.19. The highest BCUT2D eigenvalue weighted by atomic mass is 14.4. The largest absolute Gasteiger partial charge is 0.0533 e. The van der Waals surface area contributed by atoms with Gasteiger partial charge in [-0.2, -0.15) is 0 Å². The van der Waals surface area contributed by atoms with Crippen molar-refractivity contribution in [2.75, 3.05) is 0 Å². The van der Waals surface area contributed by atoms with E-state index < -0.39 is 0 Å². The van der Waals surface area contributed by atoms with Crippen LogP contribution >= 0.6 is 0 Å². The summed E-state index contributed by atoms with van der Waals surface area (Å²) in [6.07, 6.45) is 27.8. The van der Waals surface area contributed by atoms with E-state index in [4.69, 9.17) is 0 Å². The van der Waals surface area contributed by atoms with Gasteiger partial charge in [-0.3, -0.25) is 0 Å². The van der Waals surface area contributed by atoms with Crippen LogP contribution in [0.15, 0.2) is 0 Å². The van der Waals surface area contributed by atoms with Gasteiger partial charge in [0.2, 0.25) is 0 Å². The van der Waals surface area contributed by atoms with Crippen molar-refractivity contribution >= 4 is 0 Å². The summed E-state index contributed by atoms with van der Waals surface area (Å²) in [5.74, 6) is 0. The van der Waals surface area contributed by atoms with E-state index in [2.05, 4.69) is 0 Å². The second-order valence-electron chi connectivity index (χ2n) is 8.54. The predicted octanol–water partition coefficient (Wildman–Crippen LogP) is 7.02. The van der Waals surface area contributed by atoms with E-state index in [1.54, 1.807) is 51.4 Å². The van der Waals surface area contributed by atoms with Crippen LogP contribution in [0, 0.1) is 10.8 Å². The molecule has 4 saturated carbocycles. The molecule has 0 amide bonds. The molecule has 0 aromatic rings. The quantitative estimate of drug-likeness (QED) is 0.446. The van der Waals surface area contributed by atoms with E-state index in [1.807, 2.05) is 0 Å². The fraction of sp³-hybridized carbons (Fsp3) is 1.00. The standard InChI is InChI=1S/2C10H18/c2*1-2-6-10(7-3-1)8-4-5-9-10/h2*1-9H2. The van der Waals surface area contributed by atoms with Crippen LogP contribution in [-0.4, -0.2) is 0 Å². The zero-order valence-corrected chi connectivity index (χ0v) is 13.7. The summed E-state index contributed by atoms with van der Waals surface area (Å²) in [5.41, 5.74) is 1.75. The number of rotatable bonds is 0. The van der Waals surface area contributed by atoms with E-state index >= 15 is 0 Å². The molecule has 0 heterocycles. The molecule has 0 unspecified atom stereocenters. The van der Waals surface area contributed by atoms with E-state index in [1.165, 1.54) is 64.2 Å². The highest BCUT2D eigenvalue weighted by Crippen LogP contribution is 2.49. The molecule has 0 atom stereocenters. The first-order valence-electron chi connectivity index (χ1n) is 9.83. The van der Waals surface area contributed by atoms with E-state index in [0.717, 1.165) is 10.8 Å². The van der Waals surface area contributed by atoms with Gasteiger partial charge in [-0.15, -0.1) is 0 Å². The van der Waals surface area contributed by atoms with Crippen LogP contribution in [0.25, 0.3) is 0 Å². The minimum atomic E-state index is 0.873. The maximum atomic E-state index is 1.56. The second-order valence-corrected chi connectivity index (χ2v) is 8.54. The van der Waals surface area contributed by atoms with Crippen LogP contribution in [0.4, 0.5) is 0 Å². The lowest BCUT2D eigenvalue weighted by atomic mass is 9.73. The first-order valence-corrected chi connectivity index (χ1v) is 9.83. The van der Waals surface area contributed by atoms with Crippen LogP contribution < -0.4 is 0 Å². The molecular weight excluding hydrogens is 240 g/mol. The molecule has 4 rings (SSSR count). The van der Waals surface area contributed by atoms with Crippen molar-refractivity contribution < 1.29 is 0 Å². The highest BCUT2D eigenvalue weighted by Gasteiger charge is 2.35. The average Bonchev–Trinajstić information content (AvgIpc) is 3.12. The van der Waals surface area contributed by atoms with Gasteiger partial charge in [0.15, 0.2) is 0 Å². The van der Waals surface area contributed by atoms with Gasteiger partial charge in [0.05, 0.1) is 0 Å². The molecule has 2 spiro atoms. The van der Waals surface area contributed by atoms with Crippen molar-refractivity contribution in [1.82, 2.24) is 0 Å². The summed E-state index contributed by atoms with van der Waals surface area (Å²) >= 11 is 0. The van der Waals surface area contributed by atoms with Crippen LogP contribution in [-0.2, 0) is 0 Å². The smallest absolute Gasteiger partial charge is 0.0297 e. The average molecular weight is 277 g/mol. The Labute approximate surface area is 127 Å². The molecule has 0 heteroatoms. The van der Waals surface area contributed by atoms with Crippen molar-refractivity contribution in [3.63, 3.8) is 0 Å². The summed E-state index contributed by atoms with van der Waals surface area (Å²) in [6.45, 7) is 0. The summed E-state index contributed by atoms with van der Waals surface area (Å²) in [6, 6.07) is 0. The van der Waals surface area contributed by atoms with Gasteiger partial charge in [-0.25, -0.2) is 0 Å². The molecule has 4 aliphatic carbocycles. The Morgan fingerprint density at radius 1 is 0.250 bits per heavy atom. The Hall–Kier alpha value is 0. The van der Waals surface area contributed by atoms with Crippen molar-refractivity contribution in [2.45, 2.75) is 116 Å². The molecular formula is C20H36. The van der Waals surface area contributed by atoms with Crippen LogP contribution in [0.3, 0.4) is 0 Å². The SMILES string of the molecule is C1CCC2(CC1)CCCC2.C1CCC2(CC1)CCCC2. The monoisotopic (exact) mass is 276 g/mol. The van der Waals surface area contributed by atoms with Crippen molar-refractivity contribution in [3.05, 3.63) is 0 Å². The minimum absolute atomic E-state index is 0.873. The van der Waals surface area contributed by atoms with Crippen molar-refractivity contribution in [3.8, 4) is 0 Å². The summed E-state index contributed by atoms with van der Waals surface area (Å²) < 4.78 is 0. The van der Waals surface area contributed by atoms with Crippen LogP contribution in [0.1, 0.15) is 116 Å². The maximum Gasteiger partial charge on any atom is -0.0297 e. The first kappa shape index (κ1) is 14.9. The van der Waals surface area contributed by atoms with Gasteiger partial charge >= 0.3 is 0 Å². The zero-order valence-electron chi connectivity index (χ0n) is 13.7. The second kappa shape index (κ2) is 6.84. The molecule has 0 aliphatic heterocycles. The summed E-state index contributed by atoms with van der Waals surface area (Å²) in [4.78, 5) is 0. The third-order valence-electron chi connectivity index (χ3n) is 7.16. The Kier molecular flexibility index (Phi) is 5.10. The summed E-state index contributed by atoms with van der Waals surface area (Å²) in [5, 5.41) is 0. The lowest BCUT2D eigenvalue weighted by molar-refractivity contribution is 0.197. The molecule has 0 aromatic heterocycles. The van der Waals surface area contributed by atoms with Crippen LogP contribution in [0.2, 0.25) is 0 Å². The molecule has 4 aliphatic rings. The molecule has 116 valence electrons. The van der Waals surface area contributed by atoms with Gasteiger partial charge in [0, 0.05) is 0 Å². The Balaban J connectivity index is 0.000000121. The first-order chi connectivity index (χ1) is 9.83. The maximum absolute atomic E-state index is 1.56. The van der Waals surface area contributed by atoms with E-state index in [0.29, 0.717) is 0 Å². The molecule has 0 saturated heterocycles. The summed E-state index contributed by atoms with van der Waals surface area (Å²) in [7, 11) is 0. The fourth-order valence-corrected chi connectivity index (χ4v) is 5.85. The van der Waals surface area contributed by atoms with E-state index in [9.17, 15) is 0 Å². The molecule has 0 radical (unpaired) electrons. The van der Waals surface area contributed by atoms with Crippen LogP contribution in [0.5, 0.6) is 0 Å². The normalized spacial score (nSPS) is 31.2. The van der Waals surface area contributed by atoms with Gasteiger partial charge in [-0.05, 0) is 62.2 Å². The topological polar surface area (TPSA) is 0 Å². The molecule has 0 aromatic carbocycles. The Morgan fingerprint density at radius 3 is 0.700 bits per heavy atom. The Bertz CT molecular complexity index is 232. The zero-order chi connectivity index (χ0) is 13.7. The molecule has 0 nitrogen and oxygen atoms in total. The Morgan fingerprint density at radius 2 is 0.450 bits per heavy atom. The predicted molar refractivity (Wildman–Crippen MR) is 88.0 cm³/mol. The van der Waals surface area contributed by atoms with Gasteiger partial charge < -0.3 is 0 Å². The molecule has 20 heavy (non-hydrogen) atoms. The lowest BCUT2D eigenvalue weighted by Gasteiger charge is -2.32. The molecule has 4 fully saturated rings. The minimum Gasteiger partial charge on any atom is -0.0533 e. The van der Waals surface area contributed by atoms with Gasteiger partial charge in [0.25, 0.3) is 0 Å². The number of hydrogen-bond donors (Lipinski definition) is 0. The van der Waals surface area contributed by atoms with E-state index in [-0.39, 0.29) is 0 Å². The molecule has 0 N–H and O–H groups in total. The fourth-order valence-electron chi connectivity index (χ4n) is 5.85.